The van der Waals surface area contributed by atoms with Crippen LogP contribution in [0.15, 0.2) is 72.1 Å². The molecular formula is C29H25N3OS. The van der Waals surface area contributed by atoms with E-state index in [1.807, 2.05) is 47.8 Å². The molecule has 0 saturated heterocycles. The lowest BCUT2D eigenvalue weighted by atomic mass is 9.98. The number of nitrogens with zero attached hydrogens (tertiary/aromatic N) is 2. The Bertz CT molecular complexity index is 1510. The number of carbonyl (C=O) groups is 1. The molecule has 5 heteroatoms. The van der Waals surface area contributed by atoms with Gasteiger partial charge in [0.2, 0.25) is 0 Å². The van der Waals surface area contributed by atoms with Crippen LogP contribution >= 0.6 is 11.3 Å². The molecule has 5 rings (SSSR count). The van der Waals surface area contributed by atoms with E-state index >= 15 is 0 Å². The number of hydrogen-bond acceptors (Lipinski definition) is 4. The van der Waals surface area contributed by atoms with E-state index in [0.717, 1.165) is 33.4 Å². The van der Waals surface area contributed by atoms with Crippen LogP contribution in [0, 0.1) is 27.7 Å². The number of anilines is 1. The van der Waals surface area contributed by atoms with Crippen molar-refractivity contribution in [2.24, 2.45) is 0 Å². The number of thiazole rings is 1. The number of amides is 1. The molecule has 0 unspecified atom stereocenters. The lowest BCUT2D eigenvalue weighted by molar-refractivity contribution is 0.102. The molecule has 5 aromatic rings. The normalized spacial score (nSPS) is 11.1. The van der Waals surface area contributed by atoms with Crippen molar-refractivity contribution in [2.45, 2.75) is 27.7 Å². The molecule has 1 amide bonds. The Kier molecular flexibility index (Phi) is 5.72. The first kappa shape index (κ1) is 22.0. The molecule has 0 radical (unpaired) electrons. The SMILES string of the molecule is Cc1ccc(-c2cc(C(=O)Nc3nc(-c4c(C)cc(C)cc4C)cs3)c3ccccc3n2)cc1. The minimum absolute atomic E-state index is 0.190. The molecule has 3 aromatic carbocycles. The predicted molar refractivity (Wildman–Crippen MR) is 142 cm³/mol. The molecule has 0 aliphatic carbocycles. The van der Waals surface area contributed by atoms with E-state index in [2.05, 4.69) is 57.3 Å². The fraction of sp³-hybridized carbons (Fsp3) is 0.138. The van der Waals surface area contributed by atoms with Gasteiger partial charge in [-0.15, -0.1) is 11.3 Å². The molecule has 4 nitrogen and oxygen atoms in total. The second-order valence-electron chi connectivity index (χ2n) is 8.70. The smallest absolute Gasteiger partial charge is 0.258 e. The van der Waals surface area contributed by atoms with Gasteiger partial charge >= 0.3 is 0 Å². The van der Waals surface area contributed by atoms with Gasteiger partial charge in [0, 0.05) is 21.9 Å². The molecule has 0 aliphatic heterocycles. The molecule has 34 heavy (non-hydrogen) atoms. The zero-order valence-electron chi connectivity index (χ0n) is 19.6. The van der Waals surface area contributed by atoms with Crippen molar-refractivity contribution >= 4 is 33.3 Å². The van der Waals surface area contributed by atoms with Gasteiger partial charge in [0.15, 0.2) is 5.13 Å². The Hall–Kier alpha value is -3.83. The Balaban J connectivity index is 1.51. The van der Waals surface area contributed by atoms with Gasteiger partial charge in [-0.3, -0.25) is 10.1 Å². The number of aromatic nitrogens is 2. The highest BCUT2D eigenvalue weighted by atomic mass is 32.1. The third-order valence-corrected chi connectivity index (χ3v) is 6.72. The molecule has 0 spiro atoms. The molecule has 2 aromatic heterocycles. The van der Waals surface area contributed by atoms with Crippen molar-refractivity contribution < 1.29 is 4.79 Å². The summed E-state index contributed by atoms with van der Waals surface area (Å²) in [7, 11) is 0. The van der Waals surface area contributed by atoms with Crippen LogP contribution in [0.2, 0.25) is 0 Å². The Morgan fingerprint density at radius 1 is 0.794 bits per heavy atom. The molecular weight excluding hydrogens is 438 g/mol. The number of rotatable bonds is 4. The molecule has 0 atom stereocenters. The van der Waals surface area contributed by atoms with Gasteiger partial charge < -0.3 is 0 Å². The summed E-state index contributed by atoms with van der Waals surface area (Å²) in [6.07, 6.45) is 0. The summed E-state index contributed by atoms with van der Waals surface area (Å²) in [4.78, 5) is 23.0. The maximum atomic E-state index is 13.4. The maximum Gasteiger partial charge on any atom is 0.258 e. The average molecular weight is 464 g/mol. The summed E-state index contributed by atoms with van der Waals surface area (Å²) in [6, 6.07) is 22.1. The number of hydrogen-bond donors (Lipinski definition) is 1. The Morgan fingerprint density at radius 2 is 1.50 bits per heavy atom. The molecule has 1 N–H and O–H groups in total. The second kappa shape index (κ2) is 8.84. The summed E-state index contributed by atoms with van der Waals surface area (Å²) in [5, 5.41) is 6.42. The predicted octanol–water partition coefficient (Wildman–Crippen LogP) is 7.51. The summed E-state index contributed by atoms with van der Waals surface area (Å²) >= 11 is 1.44. The van der Waals surface area contributed by atoms with Gasteiger partial charge in [0.05, 0.1) is 22.5 Å². The van der Waals surface area contributed by atoms with Crippen LogP contribution in [0.3, 0.4) is 0 Å². The standard InChI is InChI=1S/C29H25N3OS/c1-17-9-11-21(12-10-17)25-15-23(22-7-5-6-8-24(22)30-25)28(33)32-29-31-26(16-34-29)27-19(3)13-18(2)14-20(27)4/h5-16H,1-4H3,(H,31,32,33). The van der Waals surface area contributed by atoms with Crippen LogP contribution in [0.5, 0.6) is 0 Å². The number of para-hydroxylation sites is 1. The average Bonchev–Trinajstić information content (AvgIpc) is 3.25. The first-order valence-electron chi connectivity index (χ1n) is 11.2. The minimum atomic E-state index is -0.190. The molecule has 0 fully saturated rings. The summed E-state index contributed by atoms with van der Waals surface area (Å²) in [5.41, 5.74) is 9.91. The number of carbonyl (C=O) groups excluding carboxylic acids is 1. The van der Waals surface area contributed by atoms with Gasteiger partial charge in [-0.2, -0.15) is 0 Å². The van der Waals surface area contributed by atoms with E-state index in [0.29, 0.717) is 10.7 Å². The van der Waals surface area contributed by atoms with Crippen molar-refractivity contribution in [1.82, 2.24) is 9.97 Å². The summed E-state index contributed by atoms with van der Waals surface area (Å²) in [6.45, 7) is 8.35. The maximum absolute atomic E-state index is 13.4. The van der Waals surface area contributed by atoms with Crippen LogP contribution in [-0.4, -0.2) is 15.9 Å². The monoisotopic (exact) mass is 463 g/mol. The van der Waals surface area contributed by atoms with Crippen LogP contribution in [0.25, 0.3) is 33.4 Å². The summed E-state index contributed by atoms with van der Waals surface area (Å²) < 4.78 is 0. The third kappa shape index (κ3) is 4.22. The van der Waals surface area contributed by atoms with Crippen molar-refractivity contribution in [3.63, 3.8) is 0 Å². The number of pyridine rings is 1. The van der Waals surface area contributed by atoms with Crippen molar-refractivity contribution in [1.29, 1.82) is 0 Å². The Morgan fingerprint density at radius 3 is 2.24 bits per heavy atom. The molecule has 2 heterocycles. The van der Waals surface area contributed by atoms with Crippen LogP contribution in [0.1, 0.15) is 32.6 Å². The summed E-state index contributed by atoms with van der Waals surface area (Å²) in [5.74, 6) is -0.190. The lowest BCUT2D eigenvalue weighted by Gasteiger charge is -2.10. The van der Waals surface area contributed by atoms with Crippen molar-refractivity contribution in [3.8, 4) is 22.5 Å². The van der Waals surface area contributed by atoms with E-state index in [4.69, 9.17) is 9.97 Å². The van der Waals surface area contributed by atoms with Crippen LogP contribution in [-0.2, 0) is 0 Å². The van der Waals surface area contributed by atoms with E-state index < -0.39 is 0 Å². The zero-order valence-corrected chi connectivity index (χ0v) is 20.5. The van der Waals surface area contributed by atoms with Gasteiger partial charge in [-0.05, 0) is 51.0 Å². The number of benzene rings is 3. The molecule has 0 bridgehead atoms. The largest absolute Gasteiger partial charge is 0.298 e. The van der Waals surface area contributed by atoms with E-state index in [1.165, 1.54) is 33.6 Å². The van der Waals surface area contributed by atoms with Crippen LogP contribution in [0.4, 0.5) is 5.13 Å². The minimum Gasteiger partial charge on any atom is -0.298 e. The van der Waals surface area contributed by atoms with Gasteiger partial charge in [0.1, 0.15) is 0 Å². The van der Waals surface area contributed by atoms with E-state index in [9.17, 15) is 4.79 Å². The van der Waals surface area contributed by atoms with Crippen molar-refractivity contribution in [2.75, 3.05) is 5.32 Å². The van der Waals surface area contributed by atoms with Gasteiger partial charge in [-0.1, -0.05) is 65.7 Å². The van der Waals surface area contributed by atoms with E-state index in [-0.39, 0.29) is 5.91 Å². The fourth-order valence-electron chi connectivity index (χ4n) is 4.43. The number of fused-ring (bicyclic) bond motifs is 1. The lowest BCUT2D eigenvalue weighted by Crippen LogP contribution is -2.13. The molecule has 168 valence electrons. The topological polar surface area (TPSA) is 54.9 Å². The van der Waals surface area contributed by atoms with Gasteiger partial charge in [-0.25, -0.2) is 9.97 Å². The second-order valence-corrected chi connectivity index (χ2v) is 9.56. The first-order chi connectivity index (χ1) is 16.4. The number of nitrogens with one attached hydrogen (secondary N) is 1. The van der Waals surface area contributed by atoms with Gasteiger partial charge in [0.25, 0.3) is 5.91 Å². The molecule has 0 aliphatic rings. The molecule has 0 saturated carbocycles. The zero-order chi connectivity index (χ0) is 23.8. The first-order valence-corrected chi connectivity index (χ1v) is 12.1. The highest BCUT2D eigenvalue weighted by Gasteiger charge is 2.17. The van der Waals surface area contributed by atoms with Crippen molar-refractivity contribution in [3.05, 3.63) is 99.9 Å². The highest BCUT2D eigenvalue weighted by molar-refractivity contribution is 7.14. The van der Waals surface area contributed by atoms with E-state index in [1.54, 1.807) is 0 Å². The van der Waals surface area contributed by atoms with Crippen LogP contribution < -0.4 is 5.32 Å². The fourth-order valence-corrected chi connectivity index (χ4v) is 5.13. The number of aryl methyl sites for hydroxylation is 4. The quantitative estimate of drug-likeness (QED) is 0.300. The third-order valence-electron chi connectivity index (χ3n) is 5.97. The highest BCUT2D eigenvalue weighted by Crippen LogP contribution is 2.32. The Labute approximate surface area is 203 Å².